The molecule has 170 valence electrons. The molecule has 9 nitrogen and oxygen atoms in total. The number of hydrogen-bond donors (Lipinski definition) is 2. The largest absolute Gasteiger partial charge is 0.329 e. The van der Waals surface area contributed by atoms with Gasteiger partial charge in [0.1, 0.15) is 5.82 Å². The average molecular weight is 464 g/mol. The Bertz CT molecular complexity index is 1490. The van der Waals surface area contributed by atoms with Crippen LogP contribution in [0.4, 0.5) is 23.1 Å². The van der Waals surface area contributed by atoms with Gasteiger partial charge in [0.05, 0.1) is 16.1 Å². The molecule has 2 aromatic carbocycles. The number of nitrogens with two attached hydrogens (primary N) is 1. The summed E-state index contributed by atoms with van der Waals surface area (Å²) >= 11 is 0. The molecule has 1 aliphatic carbocycles. The lowest BCUT2D eigenvalue weighted by Gasteiger charge is -2.22. The highest BCUT2D eigenvalue weighted by Crippen LogP contribution is 2.34. The van der Waals surface area contributed by atoms with Crippen molar-refractivity contribution < 1.29 is 8.42 Å². The van der Waals surface area contributed by atoms with Crippen LogP contribution in [-0.2, 0) is 29.9 Å². The van der Waals surface area contributed by atoms with E-state index in [-0.39, 0.29) is 4.90 Å². The van der Waals surface area contributed by atoms with Crippen molar-refractivity contribution in [3.63, 3.8) is 0 Å². The van der Waals surface area contributed by atoms with Crippen molar-refractivity contribution in [1.29, 1.82) is 0 Å². The van der Waals surface area contributed by atoms with Gasteiger partial charge in [-0.05, 0) is 62.1 Å². The van der Waals surface area contributed by atoms with E-state index in [1.807, 2.05) is 26.4 Å². The smallest absolute Gasteiger partial charge is 0.238 e. The van der Waals surface area contributed by atoms with Gasteiger partial charge < -0.3 is 10.2 Å². The molecule has 5 rings (SSSR count). The Balaban J connectivity index is 1.53. The summed E-state index contributed by atoms with van der Waals surface area (Å²) in [6.45, 7) is 1.71. The number of fused-ring (bicyclic) bond motifs is 2. The zero-order chi connectivity index (χ0) is 23.3. The van der Waals surface area contributed by atoms with Crippen molar-refractivity contribution in [2.75, 3.05) is 17.3 Å². The van der Waals surface area contributed by atoms with E-state index in [9.17, 15) is 8.42 Å². The number of sulfonamides is 1. The highest BCUT2D eigenvalue weighted by atomic mass is 32.2. The summed E-state index contributed by atoms with van der Waals surface area (Å²) < 4.78 is 25.6. The number of aryl methyl sites for hydroxylation is 3. The summed E-state index contributed by atoms with van der Waals surface area (Å²) in [5.41, 5.74) is 5.19. The van der Waals surface area contributed by atoms with Gasteiger partial charge in [-0.1, -0.05) is 6.07 Å². The molecule has 33 heavy (non-hydrogen) atoms. The van der Waals surface area contributed by atoms with Crippen molar-refractivity contribution in [2.24, 2.45) is 12.2 Å². The topological polar surface area (TPSA) is 119 Å². The molecule has 10 heteroatoms. The number of aromatic nitrogens is 4. The Morgan fingerprint density at radius 2 is 1.94 bits per heavy atom. The number of benzene rings is 2. The van der Waals surface area contributed by atoms with Crippen LogP contribution in [-0.4, -0.2) is 35.2 Å². The van der Waals surface area contributed by atoms with E-state index < -0.39 is 10.0 Å². The molecule has 3 N–H and O–H groups in total. The van der Waals surface area contributed by atoms with Crippen LogP contribution < -0.4 is 15.4 Å². The maximum atomic E-state index is 11.9. The minimum atomic E-state index is -3.83. The molecule has 0 aliphatic heterocycles. The predicted octanol–water partition coefficient (Wildman–Crippen LogP) is 3.32. The summed E-state index contributed by atoms with van der Waals surface area (Å²) in [6, 6.07) is 11.2. The Hall–Kier alpha value is -3.50. The van der Waals surface area contributed by atoms with Gasteiger partial charge in [-0.25, -0.2) is 18.5 Å². The van der Waals surface area contributed by atoms with Crippen molar-refractivity contribution in [3.05, 3.63) is 59.4 Å². The summed E-state index contributed by atoms with van der Waals surface area (Å²) in [7, 11) is 0.0653. The molecular formula is C23H25N7O2S. The molecule has 0 amide bonds. The molecule has 4 aromatic rings. The number of hydrogen-bond acceptors (Lipinski definition) is 7. The molecule has 0 fully saturated rings. The third-order valence-electron chi connectivity index (χ3n) is 5.97. The SMILES string of the molecule is Cc1ccc(Nc2nc3c(c(N(C)c4ccc5cn(C)nc5c4)n2)CCC3)cc1S(N)(=O)=O. The van der Waals surface area contributed by atoms with Crippen LogP contribution in [0.5, 0.6) is 0 Å². The maximum absolute atomic E-state index is 11.9. The standard InChI is InChI=1S/C23H25N7O2S/c1-14-7-9-16(11-21(14)33(24,31)32)25-23-26-19-6-4-5-18(19)22(27-23)30(3)17-10-8-15-13-29(2)28-20(15)12-17/h7-13H,4-6H2,1-3H3,(H2,24,31,32)(H,25,26,27). The lowest BCUT2D eigenvalue weighted by atomic mass is 10.2. The lowest BCUT2D eigenvalue weighted by molar-refractivity contribution is 0.597. The van der Waals surface area contributed by atoms with Gasteiger partial charge in [0, 0.05) is 42.6 Å². The van der Waals surface area contributed by atoms with Gasteiger partial charge in [0.2, 0.25) is 16.0 Å². The lowest BCUT2D eigenvalue weighted by Crippen LogP contribution is -2.16. The molecule has 0 radical (unpaired) electrons. The number of anilines is 4. The highest BCUT2D eigenvalue weighted by molar-refractivity contribution is 7.89. The normalized spacial score (nSPS) is 13.3. The van der Waals surface area contributed by atoms with Gasteiger partial charge in [-0.2, -0.15) is 10.1 Å². The van der Waals surface area contributed by atoms with E-state index in [0.717, 1.165) is 52.9 Å². The fraction of sp³-hybridized carbons (Fsp3) is 0.261. The first-order valence-electron chi connectivity index (χ1n) is 10.7. The Kier molecular flexibility index (Phi) is 5.06. The molecule has 0 saturated heterocycles. The monoisotopic (exact) mass is 463 g/mol. The predicted molar refractivity (Wildman–Crippen MR) is 129 cm³/mol. The Labute approximate surface area is 192 Å². The van der Waals surface area contributed by atoms with Crippen LogP contribution in [0.3, 0.4) is 0 Å². The quantitative estimate of drug-likeness (QED) is 0.466. The van der Waals surface area contributed by atoms with E-state index in [4.69, 9.17) is 15.1 Å². The zero-order valence-electron chi connectivity index (χ0n) is 18.7. The minimum Gasteiger partial charge on any atom is -0.329 e. The second kappa shape index (κ2) is 7.82. The zero-order valence-corrected chi connectivity index (χ0v) is 19.5. The highest BCUT2D eigenvalue weighted by Gasteiger charge is 2.23. The third-order valence-corrected chi connectivity index (χ3v) is 7.03. The minimum absolute atomic E-state index is 0.0784. The molecular weight excluding hydrogens is 438 g/mol. The van der Waals surface area contributed by atoms with Crippen LogP contribution in [0.2, 0.25) is 0 Å². The first kappa shape index (κ1) is 21.4. The van der Waals surface area contributed by atoms with Crippen molar-refractivity contribution >= 4 is 44.1 Å². The maximum Gasteiger partial charge on any atom is 0.238 e. The second-order valence-corrected chi connectivity index (χ2v) is 9.93. The average Bonchev–Trinajstić information content (AvgIpc) is 3.38. The van der Waals surface area contributed by atoms with Gasteiger partial charge in [-0.15, -0.1) is 0 Å². The molecule has 1 aliphatic rings. The molecule has 0 unspecified atom stereocenters. The number of primary sulfonamides is 1. The molecule has 2 heterocycles. The van der Waals surface area contributed by atoms with Crippen LogP contribution in [0.15, 0.2) is 47.5 Å². The first-order valence-corrected chi connectivity index (χ1v) is 12.2. The number of nitrogens with one attached hydrogen (secondary N) is 1. The van der Waals surface area contributed by atoms with E-state index in [2.05, 4.69) is 27.4 Å². The van der Waals surface area contributed by atoms with E-state index in [0.29, 0.717) is 17.2 Å². The van der Waals surface area contributed by atoms with Crippen LogP contribution >= 0.6 is 0 Å². The number of nitrogens with zero attached hydrogens (tertiary/aromatic N) is 5. The van der Waals surface area contributed by atoms with E-state index in [1.165, 1.54) is 6.07 Å². The van der Waals surface area contributed by atoms with Crippen molar-refractivity contribution in [2.45, 2.75) is 31.1 Å². The summed E-state index contributed by atoms with van der Waals surface area (Å²) in [6.07, 6.45) is 4.80. The summed E-state index contributed by atoms with van der Waals surface area (Å²) in [4.78, 5) is 11.7. The first-order chi connectivity index (χ1) is 15.7. The van der Waals surface area contributed by atoms with Crippen LogP contribution in [0, 0.1) is 6.92 Å². The van der Waals surface area contributed by atoms with Gasteiger partial charge in [-0.3, -0.25) is 4.68 Å². The fourth-order valence-corrected chi connectivity index (χ4v) is 5.13. The summed E-state index contributed by atoms with van der Waals surface area (Å²) in [5.74, 6) is 1.25. The van der Waals surface area contributed by atoms with Crippen molar-refractivity contribution in [3.8, 4) is 0 Å². The molecule has 0 bridgehead atoms. The van der Waals surface area contributed by atoms with Crippen LogP contribution in [0.1, 0.15) is 23.2 Å². The third kappa shape index (κ3) is 4.03. The molecule has 2 aromatic heterocycles. The number of rotatable bonds is 5. The van der Waals surface area contributed by atoms with E-state index >= 15 is 0 Å². The second-order valence-electron chi connectivity index (χ2n) is 8.40. The molecule has 0 spiro atoms. The van der Waals surface area contributed by atoms with Gasteiger partial charge >= 0.3 is 0 Å². The van der Waals surface area contributed by atoms with Gasteiger partial charge in [0.25, 0.3) is 0 Å². The Morgan fingerprint density at radius 1 is 1.12 bits per heavy atom. The Morgan fingerprint density at radius 3 is 2.73 bits per heavy atom. The molecule has 0 saturated carbocycles. The van der Waals surface area contributed by atoms with Crippen LogP contribution in [0.25, 0.3) is 10.9 Å². The van der Waals surface area contributed by atoms with Crippen molar-refractivity contribution in [1.82, 2.24) is 19.7 Å². The van der Waals surface area contributed by atoms with Gasteiger partial charge in [0.15, 0.2) is 0 Å². The van der Waals surface area contributed by atoms with E-state index in [1.54, 1.807) is 23.7 Å². The fourth-order valence-electron chi connectivity index (χ4n) is 4.32. The molecule has 0 atom stereocenters. The summed E-state index contributed by atoms with van der Waals surface area (Å²) in [5, 5.41) is 14.1.